The van der Waals surface area contributed by atoms with Crippen LogP contribution in [0.3, 0.4) is 0 Å². The lowest BCUT2D eigenvalue weighted by atomic mass is 10.1. The summed E-state index contributed by atoms with van der Waals surface area (Å²) < 4.78 is 0. The highest BCUT2D eigenvalue weighted by Gasteiger charge is 2.27. The smallest absolute Gasteiger partial charge is 0.254 e. The fourth-order valence-corrected chi connectivity index (χ4v) is 2.06. The molecule has 0 spiro atoms. The Balaban J connectivity index is 2.14. The first-order chi connectivity index (χ1) is 8.60. The average molecular weight is 249 g/mol. The van der Waals surface area contributed by atoms with Gasteiger partial charge in [-0.2, -0.15) is 0 Å². The molecule has 1 aliphatic carbocycles. The van der Waals surface area contributed by atoms with Gasteiger partial charge in [0.2, 0.25) is 0 Å². The summed E-state index contributed by atoms with van der Waals surface area (Å²) in [5.74, 6) is 0.351. The minimum Gasteiger partial charge on any atom is -0.508 e. The van der Waals surface area contributed by atoms with Gasteiger partial charge in [-0.1, -0.05) is 6.92 Å². The van der Waals surface area contributed by atoms with Crippen LogP contribution in [0.2, 0.25) is 0 Å². The molecule has 0 radical (unpaired) electrons. The molecule has 0 aromatic heterocycles. The summed E-state index contributed by atoms with van der Waals surface area (Å²) in [6, 6.07) is 4.02. The van der Waals surface area contributed by atoms with E-state index in [0.717, 1.165) is 13.0 Å². The molecule has 0 heterocycles. The number of benzene rings is 1. The molecule has 0 bridgehead atoms. The summed E-state index contributed by atoms with van der Waals surface area (Å²) in [6.45, 7) is 3.53. The van der Waals surface area contributed by atoms with Gasteiger partial charge in [0.15, 0.2) is 0 Å². The van der Waals surface area contributed by atoms with Gasteiger partial charge in [-0.3, -0.25) is 4.79 Å². The Morgan fingerprint density at radius 1 is 1.28 bits per heavy atom. The monoisotopic (exact) mass is 249 g/mol. The largest absolute Gasteiger partial charge is 0.508 e. The second-order valence-electron chi connectivity index (χ2n) is 4.93. The zero-order valence-electron chi connectivity index (χ0n) is 10.6. The molecule has 0 atom stereocenters. The predicted molar refractivity (Wildman–Crippen MR) is 68.7 cm³/mol. The third kappa shape index (κ3) is 3.15. The molecule has 1 aromatic rings. The van der Waals surface area contributed by atoms with E-state index in [2.05, 4.69) is 0 Å². The van der Waals surface area contributed by atoms with Gasteiger partial charge in [0, 0.05) is 24.7 Å². The number of amides is 1. The first-order valence-corrected chi connectivity index (χ1v) is 6.42. The van der Waals surface area contributed by atoms with Gasteiger partial charge in [-0.25, -0.2) is 0 Å². The van der Waals surface area contributed by atoms with E-state index in [9.17, 15) is 15.0 Å². The summed E-state index contributed by atoms with van der Waals surface area (Å²) in [5.41, 5.74) is 0.349. The maximum Gasteiger partial charge on any atom is 0.254 e. The lowest BCUT2D eigenvalue weighted by Crippen LogP contribution is -2.33. The SMILES string of the molecule is CCCN(CC1CC1)C(=O)c1cc(O)cc(O)c1. The molecule has 4 nitrogen and oxygen atoms in total. The van der Waals surface area contributed by atoms with Crippen molar-refractivity contribution in [2.45, 2.75) is 26.2 Å². The predicted octanol–water partition coefficient (Wildman–Crippen LogP) is 2.36. The molecular formula is C14H19NO3. The summed E-state index contributed by atoms with van der Waals surface area (Å²) >= 11 is 0. The van der Waals surface area contributed by atoms with Crippen LogP contribution >= 0.6 is 0 Å². The summed E-state index contributed by atoms with van der Waals surface area (Å²) in [7, 11) is 0. The van der Waals surface area contributed by atoms with Crippen LogP contribution in [-0.2, 0) is 0 Å². The third-order valence-corrected chi connectivity index (χ3v) is 3.11. The van der Waals surface area contributed by atoms with Crippen molar-refractivity contribution in [3.63, 3.8) is 0 Å². The Morgan fingerprint density at radius 2 is 1.89 bits per heavy atom. The lowest BCUT2D eigenvalue weighted by Gasteiger charge is -2.22. The van der Waals surface area contributed by atoms with E-state index in [4.69, 9.17) is 0 Å². The molecular weight excluding hydrogens is 230 g/mol. The van der Waals surface area contributed by atoms with E-state index in [-0.39, 0.29) is 17.4 Å². The fraction of sp³-hybridized carbons (Fsp3) is 0.500. The van der Waals surface area contributed by atoms with Crippen LogP contribution in [0, 0.1) is 5.92 Å². The number of carbonyl (C=O) groups excluding carboxylic acids is 1. The summed E-state index contributed by atoms with van der Waals surface area (Å²) in [4.78, 5) is 14.1. The molecule has 1 fully saturated rings. The second-order valence-corrected chi connectivity index (χ2v) is 4.93. The minimum atomic E-state index is -0.116. The van der Waals surface area contributed by atoms with Crippen LogP contribution in [0.5, 0.6) is 11.5 Å². The number of phenolic OH excluding ortho intramolecular Hbond substituents is 2. The quantitative estimate of drug-likeness (QED) is 0.842. The van der Waals surface area contributed by atoms with Gasteiger partial charge in [0.1, 0.15) is 11.5 Å². The van der Waals surface area contributed by atoms with Crippen LogP contribution in [0.4, 0.5) is 0 Å². The van der Waals surface area contributed by atoms with Gasteiger partial charge >= 0.3 is 0 Å². The maximum atomic E-state index is 12.3. The first-order valence-electron chi connectivity index (χ1n) is 6.42. The third-order valence-electron chi connectivity index (χ3n) is 3.11. The number of aromatic hydroxyl groups is 2. The molecule has 1 amide bonds. The van der Waals surface area contributed by atoms with Crippen LogP contribution in [0.1, 0.15) is 36.5 Å². The topological polar surface area (TPSA) is 60.8 Å². The van der Waals surface area contributed by atoms with Gasteiger partial charge < -0.3 is 15.1 Å². The maximum absolute atomic E-state index is 12.3. The van der Waals surface area contributed by atoms with Crippen molar-refractivity contribution in [3.8, 4) is 11.5 Å². The molecule has 2 N–H and O–H groups in total. The normalized spacial score (nSPS) is 14.5. The van der Waals surface area contributed by atoms with E-state index in [1.165, 1.54) is 31.0 Å². The molecule has 2 rings (SSSR count). The number of nitrogens with zero attached hydrogens (tertiary/aromatic N) is 1. The van der Waals surface area contributed by atoms with E-state index >= 15 is 0 Å². The number of phenols is 2. The van der Waals surface area contributed by atoms with Gasteiger partial charge in [-0.05, 0) is 37.3 Å². The van der Waals surface area contributed by atoms with E-state index in [1.54, 1.807) is 0 Å². The molecule has 1 aromatic carbocycles. The molecule has 4 heteroatoms. The van der Waals surface area contributed by atoms with Crippen LogP contribution < -0.4 is 0 Å². The number of hydrogen-bond donors (Lipinski definition) is 2. The average Bonchev–Trinajstić information content (AvgIpc) is 3.10. The van der Waals surface area contributed by atoms with Gasteiger partial charge in [0.05, 0.1) is 0 Å². The van der Waals surface area contributed by atoms with Crippen LogP contribution in [0.25, 0.3) is 0 Å². The first kappa shape index (κ1) is 12.7. The van der Waals surface area contributed by atoms with E-state index in [0.29, 0.717) is 18.0 Å². The standard InChI is InChI=1S/C14H19NO3/c1-2-5-15(9-10-3-4-10)14(18)11-6-12(16)8-13(17)7-11/h6-8,10,16-17H,2-5,9H2,1H3. The van der Waals surface area contributed by atoms with Crippen molar-refractivity contribution in [1.29, 1.82) is 0 Å². The Kier molecular flexibility index (Phi) is 3.75. The van der Waals surface area contributed by atoms with E-state index < -0.39 is 0 Å². The highest BCUT2D eigenvalue weighted by molar-refractivity contribution is 5.95. The summed E-state index contributed by atoms with van der Waals surface area (Å²) in [5, 5.41) is 18.8. The van der Waals surface area contributed by atoms with E-state index in [1.807, 2.05) is 11.8 Å². The number of rotatable bonds is 5. The highest BCUT2D eigenvalue weighted by atomic mass is 16.3. The summed E-state index contributed by atoms with van der Waals surface area (Å²) in [6.07, 6.45) is 3.29. The van der Waals surface area contributed by atoms with Crippen molar-refractivity contribution in [3.05, 3.63) is 23.8 Å². The van der Waals surface area contributed by atoms with Gasteiger partial charge in [0.25, 0.3) is 5.91 Å². The van der Waals surface area contributed by atoms with Crippen molar-refractivity contribution < 1.29 is 15.0 Å². The molecule has 0 saturated heterocycles. The number of hydrogen-bond acceptors (Lipinski definition) is 3. The van der Waals surface area contributed by atoms with Gasteiger partial charge in [-0.15, -0.1) is 0 Å². The molecule has 0 unspecified atom stereocenters. The molecule has 18 heavy (non-hydrogen) atoms. The highest BCUT2D eigenvalue weighted by Crippen LogP contribution is 2.30. The lowest BCUT2D eigenvalue weighted by molar-refractivity contribution is 0.0747. The molecule has 1 saturated carbocycles. The van der Waals surface area contributed by atoms with Crippen molar-refractivity contribution in [2.75, 3.05) is 13.1 Å². The zero-order valence-corrected chi connectivity index (χ0v) is 10.6. The Hall–Kier alpha value is -1.71. The Bertz CT molecular complexity index is 420. The van der Waals surface area contributed by atoms with Crippen LogP contribution in [0.15, 0.2) is 18.2 Å². The zero-order chi connectivity index (χ0) is 13.1. The van der Waals surface area contributed by atoms with Crippen molar-refractivity contribution in [1.82, 2.24) is 4.90 Å². The minimum absolute atomic E-state index is 0.0822. The number of carbonyl (C=O) groups is 1. The Morgan fingerprint density at radius 3 is 2.39 bits per heavy atom. The Labute approximate surface area is 107 Å². The molecule has 1 aliphatic rings. The molecule has 98 valence electrons. The van der Waals surface area contributed by atoms with Crippen molar-refractivity contribution >= 4 is 5.91 Å². The fourth-order valence-electron chi connectivity index (χ4n) is 2.06. The molecule has 0 aliphatic heterocycles. The van der Waals surface area contributed by atoms with Crippen molar-refractivity contribution in [2.24, 2.45) is 5.92 Å². The van der Waals surface area contributed by atoms with Crippen LogP contribution in [-0.4, -0.2) is 34.1 Å². The second kappa shape index (κ2) is 5.29.